The van der Waals surface area contributed by atoms with Crippen LogP contribution >= 0.6 is 0 Å². The zero-order chi connectivity index (χ0) is 15.2. The fourth-order valence-corrected chi connectivity index (χ4v) is 4.78. The molecule has 2 heterocycles. The van der Waals surface area contributed by atoms with Crippen LogP contribution in [0, 0.1) is 0 Å². The van der Waals surface area contributed by atoms with Crippen molar-refractivity contribution in [3.05, 3.63) is 18.2 Å². The Morgan fingerprint density at radius 1 is 1.38 bits per heavy atom. The summed E-state index contributed by atoms with van der Waals surface area (Å²) >= 11 is 0.885. The number of sulfonamides is 1. The summed E-state index contributed by atoms with van der Waals surface area (Å²) in [6.07, 6.45) is -1.12. The van der Waals surface area contributed by atoms with Crippen LogP contribution in [0.5, 0.6) is 0 Å². The molecule has 1 aromatic carbocycles. The van der Waals surface area contributed by atoms with E-state index < -0.39 is 28.1 Å². The number of carboxylic acids is 1. The van der Waals surface area contributed by atoms with Gasteiger partial charge in [-0.05, 0) is 12.1 Å². The third-order valence-electron chi connectivity index (χ3n) is 3.35. The van der Waals surface area contributed by atoms with Crippen molar-refractivity contribution in [2.75, 3.05) is 6.54 Å². The van der Waals surface area contributed by atoms with Crippen molar-refractivity contribution >= 4 is 38.7 Å². The number of hydrogen-bond acceptors (Lipinski definition) is 6. The first-order valence-electron chi connectivity index (χ1n) is 6.05. The lowest BCUT2D eigenvalue weighted by atomic mass is 10.2. The van der Waals surface area contributed by atoms with E-state index in [-0.39, 0.29) is 23.5 Å². The molecule has 2 aliphatic rings. The van der Waals surface area contributed by atoms with E-state index in [1.54, 1.807) is 6.07 Å². The van der Waals surface area contributed by atoms with Crippen LogP contribution in [0.2, 0.25) is 0 Å². The third-order valence-corrected chi connectivity index (χ3v) is 5.80. The summed E-state index contributed by atoms with van der Waals surface area (Å²) in [5, 5.41) is 18.7. The highest BCUT2D eigenvalue weighted by molar-refractivity contribution is 7.89. The van der Waals surface area contributed by atoms with E-state index in [4.69, 9.17) is 5.11 Å². The minimum atomic E-state index is -4.07. The predicted molar refractivity (Wildman–Crippen MR) is 73.9 cm³/mol. The van der Waals surface area contributed by atoms with E-state index in [9.17, 15) is 18.3 Å². The average Bonchev–Trinajstić information content (AvgIpc) is 3.03. The highest BCUT2D eigenvalue weighted by Crippen LogP contribution is 2.39. The molecule has 2 N–H and O–H groups in total. The number of benzene rings is 1. The van der Waals surface area contributed by atoms with Gasteiger partial charge in [0, 0.05) is 13.0 Å². The molecule has 2 atom stereocenters. The zero-order valence-corrected chi connectivity index (χ0v) is 12.2. The highest BCUT2D eigenvalue weighted by Gasteiger charge is 2.44. The summed E-state index contributed by atoms with van der Waals surface area (Å²) in [6.45, 7) is -0.243. The molecule has 1 fully saturated rings. The van der Waals surface area contributed by atoms with Crippen molar-refractivity contribution in [1.82, 2.24) is 4.31 Å². The monoisotopic (exact) mass is 329 g/mol. The molecule has 0 unspecified atom stereocenters. The second-order valence-corrected chi connectivity index (χ2v) is 7.09. The molecule has 0 aliphatic carbocycles. The van der Waals surface area contributed by atoms with Crippen LogP contribution in [-0.4, -0.2) is 47.6 Å². The molecular formula is C11H11N3O5S2. The number of carboxylic acid groups (broad SMARTS) is 1. The summed E-state index contributed by atoms with van der Waals surface area (Å²) < 4.78 is 34.1. The van der Waals surface area contributed by atoms with Gasteiger partial charge in [0.25, 0.3) is 0 Å². The Bertz CT molecular complexity index is 785. The van der Waals surface area contributed by atoms with Gasteiger partial charge in [-0.25, -0.2) is 8.42 Å². The highest BCUT2D eigenvalue weighted by atomic mass is 32.2. The first kappa shape index (κ1) is 14.3. The maximum Gasteiger partial charge on any atom is 0.322 e. The Balaban J connectivity index is 2.08. The number of aliphatic hydroxyl groups is 1. The number of hydrogen-bond donors (Lipinski definition) is 2. The van der Waals surface area contributed by atoms with Crippen molar-refractivity contribution < 1.29 is 23.4 Å². The van der Waals surface area contributed by atoms with Gasteiger partial charge in [-0.1, -0.05) is 6.07 Å². The van der Waals surface area contributed by atoms with E-state index >= 15 is 0 Å². The summed E-state index contributed by atoms with van der Waals surface area (Å²) in [5.74, 6) is -1.28. The van der Waals surface area contributed by atoms with Crippen molar-refractivity contribution in [1.29, 1.82) is 0 Å². The predicted octanol–water partition coefficient (Wildman–Crippen LogP) is 0.622. The Labute approximate surface area is 124 Å². The fourth-order valence-electron chi connectivity index (χ4n) is 2.39. The van der Waals surface area contributed by atoms with Gasteiger partial charge in [0.05, 0.1) is 17.5 Å². The molecule has 112 valence electrons. The van der Waals surface area contributed by atoms with Crippen LogP contribution in [0.25, 0.3) is 0 Å². The first-order chi connectivity index (χ1) is 9.91. The molecule has 0 radical (unpaired) electrons. The second kappa shape index (κ2) is 4.98. The molecule has 0 saturated carbocycles. The molecule has 3 rings (SSSR count). The molecule has 0 amide bonds. The number of aliphatic hydroxyl groups excluding tert-OH is 1. The van der Waals surface area contributed by atoms with Gasteiger partial charge >= 0.3 is 5.97 Å². The van der Waals surface area contributed by atoms with Crippen molar-refractivity contribution in [2.45, 2.75) is 23.5 Å². The Kier molecular flexibility index (Phi) is 3.40. The number of β-amino-alcohol motifs (C(OH)–C–C–N with tert-alkyl or cyclic N) is 1. The van der Waals surface area contributed by atoms with E-state index in [1.807, 2.05) is 0 Å². The maximum absolute atomic E-state index is 12.7. The van der Waals surface area contributed by atoms with E-state index in [0.717, 1.165) is 15.7 Å². The standard InChI is InChI=1S/C11H11N3O5S2/c15-6-4-8(11(16)17)14(5-6)21(18,19)9-3-1-2-7-10(9)13-20-12-7/h1-3,6,8,15H,4-5H2,(H,16,17)/t6-,8-/m0/s1. The molecular weight excluding hydrogens is 318 g/mol. The first-order valence-corrected chi connectivity index (χ1v) is 8.22. The quantitative estimate of drug-likeness (QED) is 0.855. The van der Waals surface area contributed by atoms with Gasteiger partial charge in [0.2, 0.25) is 10.0 Å². The smallest absolute Gasteiger partial charge is 0.322 e. The summed E-state index contributed by atoms with van der Waals surface area (Å²) in [7, 11) is -4.07. The van der Waals surface area contributed by atoms with Crippen LogP contribution in [-0.2, 0) is 26.2 Å². The second-order valence-electron chi connectivity index (χ2n) is 4.71. The zero-order valence-electron chi connectivity index (χ0n) is 10.6. The molecule has 10 heteroatoms. The van der Waals surface area contributed by atoms with E-state index in [2.05, 4.69) is 8.73 Å². The number of aliphatic carboxylic acids is 1. The molecule has 0 spiro atoms. The van der Waals surface area contributed by atoms with E-state index in [0.29, 0.717) is 5.69 Å². The van der Waals surface area contributed by atoms with Crippen LogP contribution in [0.3, 0.4) is 0 Å². The van der Waals surface area contributed by atoms with Crippen molar-refractivity contribution in [3.63, 3.8) is 0 Å². The topological polar surface area (TPSA) is 120 Å². The molecule has 0 bridgehead atoms. The van der Waals surface area contributed by atoms with E-state index in [1.165, 1.54) is 12.1 Å². The SMILES string of the molecule is O=C(O)[C@@H]1C[C@H](O)CN1S(=O)(=O)c1cccc2c1N=S=N2. The van der Waals surface area contributed by atoms with Gasteiger partial charge in [-0.2, -0.15) is 13.0 Å². The molecule has 0 aromatic heterocycles. The summed E-state index contributed by atoms with van der Waals surface area (Å²) in [5.41, 5.74) is 0.653. The molecule has 21 heavy (non-hydrogen) atoms. The lowest BCUT2D eigenvalue weighted by Gasteiger charge is -2.21. The normalized spacial score (nSPS) is 24.8. The van der Waals surface area contributed by atoms with Crippen LogP contribution in [0.15, 0.2) is 31.8 Å². The number of nitrogens with zero attached hydrogens (tertiary/aromatic N) is 3. The Morgan fingerprint density at radius 3 is 2.86 bits per heavy atom. The van der Waals surface area contributed by atoms with Crippen LogP contribution in [0.1, 0.15) is 6.42 Å². The van der Waals surface area contributed by atoms with Gasteiger partial charge in [-0.3, -0.25) is 4.79 Å². The van der Waals surface area contributed by atoms with Crippen LogP contribution in [0.4, 0.5) is 11.4 Å². The molecule has 1 saturated heterocycles. The third kappa shape index (κ3) is 2.29. The number of carbonyl (C=O) groups is 1. The van der Waals surface area contributed by atoms with Gasteiger partial charge in [-0.15, -0.1) is 0 Å². The van der Waals surface area contributed by atoms with Gasteiger partial charge in [0.15, 0.2) is 0 Å². The van der Waals surface area contributed by atoms with Crippen molar-refractivity contribution in [3.8, 4) is 0 Å². The van der Waals surface area contributed by atoms with Gasteiger partial charge in [0.1, 0.15) is 22.3 Å². The minimum Gasteiger partial charge on any atom is -0.480 e. The van der Waals surface area contributed by atoms with Crippen molar-refractivity contribution in [2.24, 2.45) is 8.73 Å². The van der Waals surface area contributed by atoms with Crippen LogP contribution < -0.4 is 0 Å². The minimum absolute atomic E-state index is 0.0888. The summed E-state index contributed by atoms with van der Waals surface area (Å²) in [6, 6.07) is 3.25. The maximum atomic E-state index is 12.7. The average molecular weight is 329 g/mol. The Hall–Kier alpha value is -1.62. The summed E-state index contributed by atoms with van der Waals surface area (Å²) in [4.78, 5) is 11.1. The Morgan fingerprint density at radius 2 is 2.14 bits per heavy atom. The molecule has 1 aromatic rings. The lowest BCUT2D eigenvalue weighted by molar-refractivity contribution is -0.140. The fraction of sp³-hybridized carbons (Fsp3) is 0.364. The molecule has 2 aliphatic heterocycles. The largest absolute Gasteiger partial charge is 0.480 e. The number of fused-ring (bicyclic) bond motifs is 1. The molecule has 8 nitrogen and oxygen atoms in total. The van der Waals surface area contributed by atoms with Gasteiger partial charge < -0.3 is 10.2 Å². The lowest BCUT2D eigenvalue weighted by Crippen LogP contribution is -2.40. The number of rotatable bonds is 3.